The second-order valence-corrected chi connectivity index (χ2v) is 2.55. The summed E-state index contributed by atoms with van der Waals surface area (Å²) < 4.78 is 0. The van der Waals surface area contributed by atoms with Crippen LogP contribution in [0.5, 0.6) is 0 Å². The fourth-order valence-electron chi connectivity index (χ4n) is 0.820. The number of hydrazone groups is 1. The maximum Gasteiger partial charge on any atom is 0.0672 e. The van der Waals surface area contributed by atoms with E-state index in [-0.39, 0.29) is 0 Å². The molecule has 13 heavy (non-hydrogen) atoms. The minimum absolute atomic E-state index is 0.837. The van der Waals surface area contributed by atoms with E-state index in [0.717, 1.165) is 24.3 Å². The molecule has 0 atom stereocenters. The van der Waals surface area contributed by atoms with E-state index in [2.05, 4.69) is 29.8 Å². The molecule has 0 heterocycles. The van der Waals surface area contributed by atoms with Crippen molar-refractivity contribution in [2.75, 3.05) is 6.54 Å². The number of rotatable bonds is 5. The van der Waals surface area contributed by atoms with Gasteiger partial charge in [0, 0.05) is 6.54 Å². The normalized spacial score (nSPS) is 10.2. The standard InChI is InChI=1S/C11H18N2/c1-5-8-9-10(4)11(6-2)13-12-7-3/h5,9,12H,4,6-7H2,1-3H3/b13-11-. The summed E-state index contributed by atoms with van der Waals surface area (Å²) in [6.07, 6.45) is 4.58. The molecule has 0 saturated heterocycles. The summed E-state index contributed by atoms with van der Waals surface area (Å²) in [5.41, 5.74) is 7.81. The third-order valence-corrected chi connectivity index (χ3v) is 1.50. The van der Waals surface area contributed by atoms with Crippen molar-refractivity contribution >= 4 is 5.71 Å². The Hall–Kier alpha value is -1.27. The van der Waals surface area contributed by atoms with Crippen molar-refractivity contribution < 1.29 is 0 Å². The largest absolute Gasteiger partial charge is 0.310 e. The minimum atomic E-state index is 0.837. The fraction of sp³-hybridized carbons (Fsp3) is 0.455. The number of nitrogens with one attached hydrogen (secondary N) is 1. The Kier molecular flexibility index (Phi) is 6.66. The molecular weight excluding hydrogens is 160 g/mol. The van der Waals surface area contributed by atoms with Crippen molar-refractivity contribution in [3.05, 3.63) is 30.0 Å². The monoisotopic (exact) mass is 178 g/mol. The zero-order chi connectivity index (χ0) is 10.1. The Morgan fingerprint density at radius 2 is 2.23 bits per heavy atom. The molecule has 1 N–H and O–H groups in total. The Balaban J connectivity index is 4.40. The second kappa shape index (κ2) is 7.38. The molecule has 0 aliphatic rings. The average Bonchev–Trinajstić information content (AvgIpc) is 2.16. The van der Waals surface area contributed by atoms with Crippen LogP contribution in [0.25, 0.3) is 0 Å². The van der Waals surface area contributed by atoms with Gasteiger partial charge in [-0.05, 0) is 38.0 Å². The summed E-state index contributed by atoms with van der Waals surface area (Å²) >= 11 is 0. The third-order valence-electron chi connectivity index (χ3n) is 1.50. The molecule has 2 heteroatoms. The number of hydrogen-bond donors (Lipinski definition) is 1. The molecule has 0 aromatic carbocycles. The summed E-state index contributed by atoms with van der Waals surface area (Å²) in [5.74, 6) is 0. The first-order valence-corrected chi connectivity index (χ1v) is 4.62. The first-order chi connectivity index (χ1) is 6.26. The van der Waals surface area contributed by atoms with Crippen molar-refractivity contribution in [2.45, 2.75) is 27.2 Å². The average molecular weight is 178 g/mol. The first-order valence-electron chi connectivity index (χ1n) is 4.62. The molecule has 0 radical (unpaired) electrons. The smallest absolute Gasteiger partial charge is 0.0672 e. The summed E-state index contributed by atoms with van der Waals surface area (Å²) in [6.45, 7) is 10.7. The lowest BCUT2D eigenvalue weighted by Gasteiger charge is -2.02. The number of nitrogens with zero attached hydrogens (tertiary/aromatic N) is 1. The van der Waals surface area contributed by atoms with Gasteiger partial charge in [0.2, 0.25) is 0 Å². The molecule has 0 aromatic rings. The molecule has 2 nitrogen and oxygen atoms in total. The Morgan fingerprint density at radius 1 is 1.54 bits per heavy atom. The highest BCUT2D eigenvalue weighted by molar-refractivity contribution is 6.01. The van der Waals surface area contributed by atoms with Gasteiger partial charge in [-0.25, -0.2) is 0 Å². The van der Waals surface area contributed by atoms with E-state index < -0.39 is 0 Å². The van der Waals surface area contributed by atoms with Crippen LogP contribution in [0.1, 0.15) is 27.2 Å². The van der Waals surface area contributed by atoms with Crippen LogP contribution >= 0.6 is 0 Å². The summed E-state index contributed by atoms with van der Waals surface area (Å²) in [5, 5.41) is 4.20. The molecule has 0 fully saturated rings. The topological polar surface area (TPSA) is 24.4 Å². The van der Waals surface area contributed by atoms with Crippen molar-refractivity contribution in [1.82, 2.24) is 5.43 Å². The van der Waals surface area contributed by atoms with Crippen LogP contribution in [-0.4, -0.2) is 12.3 Å². The molecular formula is C11H18N2. The zero-order valence-electron chi connectivity index (χ0n) is 8.72. The molecule has 0 bridgehead atoms. The minimum Gasteiger partial charge on any atom is -0.310 e. The summed E-state index contributed by atoms with van der Waals surface area (Å²) in [4.78, 5) is 0. The number of allylic oxidation sites excluding steroid dienone is 2. The highest BCUT2D eigenvalue weighted by atomic mass is 15.3. The van der Waals surface area contributed by atoms with Crippen LogP contribution in [0.15, 0.2) is 35.1 Å². The predicted molar refractivity (Wildman–Crippen MR) is 58.9 cm³/mol. The molecule has 0 amide bonds. The highest BCUT2D eigenvalue weighted by Crippen LogP contribution is 2.00. The van der Waals surface area contributed by atoms with E-state index >= 15 is 0 Å². The second-order valence-electron chi connectivity index (χ2n) is 2.55. The van der Waals surface area contributed by atoms with Crippen LogP contribution in [-0.2, 0) is 0 Å². The third kappa shape index (κ3) is 5.05. The lowest BCUT2D eigenvalue weighted by molar-refractivity contribution is 0.779. The van der Waals surface area contributed by atoms with Gasteiger partial charge in [0.25, 0.3) is 0 Å². The maximum atomic E-state index is 4.20. The summed E-state index contributed by atoms with van der Waals surface area (Å²) in [7, 11) is 0. The van der Waals surface area contributed by atoms with Gasteiger partial charge in [-0.1, -0.05) is 13.5 Å². The molecule has 0 aliphatic carbocycles. The van der Waals surface area contributed by atoms with Crippen molar-refractivity contribution in [2.24, 2.45) is 5.10 Å². The molecule has 0 rings (SSSR count). The van der Waals surface area contributed by atoms with Crippen molar-refractivity contribution in [3.63, 3.8) is 0 Å². The van der Waals surface area contributed by atoms with Crippen molar-refractivity contribution in [3.8, 4) is 0 Å². The predicted octanol–water partition coefficient (Wildman–Crippen LogP) is 2.65. The number of hydrogen-bond acceptors (Lipinski definition) is 2. The van der Waals surface area contributed by atoms with E-state index in [1.165, 1.54) is 0 Å². The Bertz CT molecular complexity index is 243. The SMILES string of the molecule is C=C(C=C=CC)/C(CC)=N\NCC. The molecule has 0 spiro atoms. The molecule has 0 unspecified atom stereocenters. The van der Waals surface area contributed by atoms with E-state index in [4.69, 9.17) is 0 Å². The molecule has 0 aromatic heterocycles. The fourth-order valence-corrected chi connectivity index (χ4v) is 0.820. The Morgan fingerprint density at radius 3 is 2.69 bits per heavy atom. The van der Waals surface area contributed by atoms with Gasteiger partial charge in [-0.15, -0.1) is 5.73 Å². The van der Waals surface area contributed by atoms with E-state index in [1.807, 2.05) is 26.0 Å². The van der Waals surface area contributed by atoms with Gasteiger partial charge in [-0.3, -0.25) is 0 Å². The van der Waals surface area contributed by atoms with Gasteiger partial charge in [0.05, 0.1) is 5.71 Å². The van der Waals surface area contributed by atoms with Gasteiger partial charge < -0.3 is 5.43 Å². The van der Waals surface area contributed by atoms with Crippen LogP contribution in [0.2, 0.25) is 0 Å². The lowest BCUT2D eigenvalue weighted by atomic mass is 10.1. The summed E-state index contributed by atoms with van der Waals surface area (Å²) in [6, 6.07) is 0. The first kappa shape index (κ1) is 11.7. The quantitative estimate of drug-likeness (QED) is 0.297. The highest BCUT2D eigenvalue weighted by Gasteiger charge is 1.97. The molecule has 72 valence electrons. The van der Waals surface area contributed by atoms with E-state index in [0.29, 0.717) is 0 Å². The lowest BCUT2D eigenvalue weighted by Crippen LogP contribution is -2.09. The van der Waals surface area contributed by atoms with Crippen LogP contribution in [0.4, 0.5) is 0 Å². The van der Waals surface area contributed by atoms with Crippen LogP contribution in [0, 0.1) is 0 Å². The van der Waals surface area contributed by atoms with Gasteiger partial charge >= 0.3 is 0 Å². The van der Waals surface area contributed by atoms with E-state index in [9.17, 15) is 0 Å². The van der Waals surface area contributed by atoms with Gasteiger partial charge in [0.15, 0.2) is 0 Å². The molecule has 0 aliphatic heterocycles. The van der Waals surface area contributed by atoms with Crippen LogP contribution < -0.4 is 5.43 Å². The Labute approximate surface area is 80.7 Å². The molecule has 0 saturated carbocycles. The zero-order valence-corrected chi connectivity index (χ0v) is 8.72. The van der Waals surface area contributed by atoms with Gasteiger partial charge in [-0.2, -0.15) is 5.10 Å². The van der Waals surface area contributed by atoms with Crippen LogP contribution in [0.3, 0.4) is 0 Å². The maximum absolute atomic E-state index is 4.20. The van der Waals surface area contributed by atoms with E-state index in [1.54, 1.807) is 0 Å². The van der Waals surface area contributed by atoms with Crippen molar-refractivity contribution in [1.29, 1.82) is 0 Å². The van der Waals surface area contributed by atoms with Gasteiger partial charge in [0.1, 0.15) is 0 Å².